The van der Waals surface area contributed by atoms with Crippen molar-refractivity contribution in [3.05, 3.63) is 37.7 Å². The van der Waals surface area contributed by atoms with Crippen LogP contribution in [-0.4, -0.2) is 14.9 Å². The zero-order chi connectivity index (χ0) is 14.9. The Bertz CT molecular complexity index is 655. The van der Waals surface area contributed by atoms with Crippen LogP contribution in [0.3, 0.4) is 0 Å². The molecule has 8 heteroatoms. The average molecular weight is 293 g/mol. The van der Waals surface area contributed by atoms with E-state index in [1.54, 1.807) is 11.3 Å². The van der Waals surface area contributed by atoms with Gasteiger partial charge < -0.3 is 11.1 Å². The highest BCUT2D eigenvalue weighted by Gasteiger charge is 2.20. The molecule has 0 bridgehead atoms. The number of nitrogens with two attached hydrogens (primary N) is 1. The Morgan fingerprint density at radius 3 is 2.75 bits per heavy atom. The maximum absolute atomic E-state index is 11.0. The molecule has 0 saturated heterocycles. The normalized spacial score (nSPS) is 12.2. The first-order valence-corrected chi connectivity index (χ1v) is 6.80. The molecule has 0 aliphatic rings. The minimum Gasteiger partial charge on any atom is -0.368 e. The van der Waals surface area contributed by atoms with Crippen molar-refractivity contribution in [2.24, 2.45) is 0 Å². The standard InChI is InChI=1S/C12H15N5O2S/c1-6-4-9(8(3)20-6)7(2)15-11-10(17(18)19)5-14-12(13)16-11/h4-5,7H,1-3H3,(H3,13,14,15,16). The lowest BCUT2D eigenvalue weighted by Gasteiger charge is -2.14. The van der Waals surface area contributed by atoms with Crippen LogP contribution in [0.4, 0.5) is 17.5 Å². The zero-order valence-electron chi connectivity index (χ0n) is 11.4. The van der Waals surface area contributed by atoms with Crippen molar-refractivity contribution >= 4 is 28.8 Å². The van der Waals surface area contributed by atoms with E-state index >= 15 is 0 Å². The molecule has 0 spiro atoms. The molecule has 7 nitrogen and oxygen atoms in total. The summed E-state index contributed by atoms with van der Waals surface area (Å²) < 4.78 is 0. The molecule has 0 radical (unpaired) electrons. The molecular weight excluding hydrogens is 278 g/mol. The third kappa shape index (κ3) is 2.85. The van der Waals surface area contributed by atoms with Gasteiger partial charge in [-0.2, -0.15) is 4.98 Å². The van der Waals surface area contributed by atoms with E-state index in [1.807, 2.05) is 20.8 Å². The van der Waals surface area contributed by atoms with Crippen molar-refractivity contribution in [3.8, 4) is 0 Å². The molecule has 3 N–H and O–H groups in total. The minimum atomic E-state index is -0.528. The monoisotopic (exact) mass is 293 g/mol. The van der Waals surface area contributed by atoms with Gasteiger partial charge in [0.15, 0.2) is 0 Å². The van der Waals surface area contributed by atoms with E-state index in [-0.39, 0.29) is 23.5 Å². The third-order valence-corrected chi connectivity index (χ3v) is 3.87. The first-order chi connectivity index (χ1) is 9.38. The second kappa shape index (κ2) is 5.41. The van der Waals surface area contributed by atoms with Gasteiger partial charge in [-0.25, -0.2) is 4.98 Å². The van der Waals surface area contributed by atoms with Gasteiger partial charge in [0.05, 0.1) is 11.0 Å². The lowest BCUT2D eigenvalue weighted by molar-refractivity contribution is -0.384. The van der Waals surface area contributed by atoms with Crippen LogP contribution < -0.4 is 11.1 Å². The molecular formula is C12H15N5O2S. The lowest BCUT2D eigenvalue weighted by atomic mass is 10.1. The summed E-state index contributed by atoms with van der Waals surface area (Å²) in [6, 6.07) is 1.96. The summed E-state index contributed by atoms with van der Waals surface area (Å²) >= 11 is 1.69. The molecule has 106 valence electrons. The fourth-order valence-electron chi connectivity index (χ4n) is 1.99. The van der Waals surface area contributed by atoms with Crippen molar-refractivity contribution < 1.29 is 4.92 Å². The summed E-state index contributed by atoms with van der Waals surface area (Å²) in [5, 5.41) is 14.0. The quantitative estimate of drug-likeness (QED) is 0.663. The van der Waals surface area contributed by atoms with E-state index in [0.29, 0.717) is 0 Å². The number of rotatable bonds is 4. The summed E-state index contributed by atoms with van der Waals surface area (Å²) in [5.74, 6) is 0.141. The smallest absolute Gasteiger partial charge is 0.329 e. The van der Waals surface area contributed by atoms with Gasteiger partial charge in [-0.05, 0) is 32.4 Å². The molecule has 0 saturated carbocycles. The van der Waals surface area contributed by atoms with Crippen LogP contribution in [0.25, 0.3) is 0 Å². The summed E-state index contributed by atoms with van der Waals surface area (Å²) in [7, 11) is 0. The number of nitrogen functional groups attached to an aromatic ring is 1. The van der Waals surface area contributed by atoms with Crippen LogP contribution >= 0.6 is 11.3 Å². The highest BCUT2D eigenvalue weighted by molar-refractivity contribution is 7.12. The Hall–Kier alpha value is -2.22. The Morgan fingerprint density at radius 1 is 1.50 bits per heavy atom. The van der Waals surface area contributed by atoms with Gasteiger partial charge in [-0.15, -0.1) is 11.3 Å². The maximum Gasteiger partial charge on any atom is 0.329 e. The lowest BCUT2D eigenvalue weighted by Crippen LogP contribution is -2.11. The van der Waals surface area contributed by atoms with Gasteiger partial charge in [0.25, 0.3) is 0 Å². The Balaban J connectivity index is 2.32. The summed E-state index contributed by atoms with van der Waals surface area (Å²) in [6.45, 7) is 5.98. The second-order valence-electron chi connectivity index (χ2n) is 4.45. The molecule has 0 amide bonds. The average Bonchev–Trinajstić information content (AvgIpc) is 2.68. The molecule has 1 atom stereocenters. The van der Waals surface area contributed by atoms with E-state index in [0.717, 1.165) is 11.8 Å². The van der Waals surface area contributed by atoms with Gasteiger partial charge in [0.2, 0.25) is 11.8 Å². The Labute approximate surface area is 120 Å². The minimum absolute atomic E-state index is 0.00326. The predicted octanol–water partition coefficient (Wildman–Crippen LogP) is 2.82. The number of aromatic nitrogens is 2. The molecule has 2 rings (SSSR count). The number of aryl methyl sites for hydroxylation is 2. The van der Waals surface area contributed by atoms with Crippen LogP contribution in [0.15, 0.2) is 12.3 Å². The second-order valence-corrected chi connectivity index (χ2v) is 5.91. The molecule has 0 aromatic carbocycles. The summed E-state index contributed by atoms with van der Waals surface area (Å²) in [4.78, 5) is 20.4. The number of anilines is 2. The van der Waals surface area contributed by atoms with Gasteiger partial charge in [0, 0.05) is 9.75 Å². The van der Waals surface area contributed by atoms with Gasteiger partial charge in [-0.3, -0.25) is 10.1 Å². The van der Waals surface area contributed by atoms with Crippen molar-refractivity contribution in [3.63, 3.8) is 0 Å². The number of nitrogens with one attached hydrogen (secondary N) is 1. The summed E-state index contributed by atoms with van der Waals surface area (Å²) in [5.41, 5.74) is 6.40. The maximum atomic E-state index is 11.0. The fraction of sp³-hybridized carbons (Fsp3) is 0.333. The van der Waals surface area contributed by atoms with Crippen molar-refractivity contribution in [1.29, 1.82) is 0 Å². The number of nitro groups is 1. The fourth-order valence-corrected chi connectivity index (χ4v) is 3.01. The van der Waals surface area contributed by atoms with Crippen molar-refractivity contribution in [2.45, 2.75) is 26.8 Å². The first kappa shape index (κ1) is 14.2. The zero-order valence-corrected chi connectivity index (χ0v) is 12.2. The van der Waals surface area contributed by atoms with Crippen LogP contribution in [0.2, 0.25) is 0 Å². The van der Waals surface area contributed by atoms with Gasteiger partial charge in [0.1, 0.15) is 6.20 Å². The first-order valence-electron chi connectivity index (χ1n) is 5.99. The molecule has 2 aromatic heterocycles. The number of thiophene rings is 1. The Kier molecular flexibility index (Phi) is 3.84. The third-order valence-electron chi connectivity index (χ3n) is 2.88. The highest BCUT2D eigenvalue weighted by Crippen LogP contribution is 2.30. The van der Waals surface area contributed by atoms with E-state index < -0.39 is 4.92 Å². The molecule has 0 fully saturated rings. The Morgan fingerprint density at radius 2 is 2.20 bits per heavy atom. The van der Waals surface area contributed by atoms with E-state index in [1.165, 1.54) is 9.75 Å². The molecule has 2 aromatic rings. The van der Waals surface area contributed by atoms with Gasteiger partial charge >= 0.3 is 5.69 Å². The van der Waals surface area contributed by atoms with Crippen LogP contribution in [0.1, 0.15) is 28.3 Å². The molecule has 2 heterocycles. The molecule has 20 heavy (non-hydrogen) atoms. The number of nitrogens with zero attached hydrogens (tertiary/aromatic N) is 3. The summed E-state index contributed by atoms with van der Waals surface area (Å²) in [6.07, 6.45) is 1.11. The van der Waals surface area contributed by atoms with Crippen molar-refractivity contribution in [2.75, 3.05) is 11.1 Å². The SMILES string of the molecule is Cc1cc(C(C)Nc2nc(N)ncc2[N+](=O)[O-])c(C)s1. The van der Waals surface area contributed by atoms with E-state index in [2.05, 4.69) is 21.4 Å². The van der Waals surface area contributed by atoms with Crippen LogP contribution in [0.5, 0.6) is 0 Å². The number of hydrogen-bond acceptors (Lipinski definition) is 7. The van der Waals surface area contributed by atoms with Crippen molar-refractivity contribution in [1.82, 2.24) is 9.97 Å². The molecule has 1 unspecified atom stereocenters. The van der Waals surface area contributed by atoms with Gasteiger partial charge in [-0.1, -0.05) is 0 Å². The predicted molar refractivity (Wildman–Crippen MR) is 78.9 cm³/mol. The number of hydrogen-bond donors (Lipinski definition) is 2. The largest absolute Gasteiger partial charge is 0.368 e. The van der Waals surface area contributed by atoms with Crippen LogP contribution in [0, 0.1) is 24.0 Å². The van der Waals surface area contributed by atoms with E-state index in [9.17, 15) is 10.1 Å². The molecule has 0 aliphatic carbocycles. The molecule has 0 aliphatic heterocycles. The van der Waals surface area contributed by atoms with Crippen LogP contribution in [-0.2, 0) is 0 Å². The highest BCUT2D eigenvalue weighted by atomic mass is 32.1. The topological polar surface area (TPSA) is 107 Å². The van der Waals surface area contributed by atoms with E-state index in [4.69, 9.17) is 5.73 Å².